The van der Waals surface area contributed by atoms with Crippen molar-refractivity contribution in [3.05, 3.63) is 0 Å². The minimum absolute atomic E-state index is 0.270. The first-order valence-corrected chi connectivity index (χ1v) is 6.09. The van der Waals surface area contributed by atoms with Crippen LogP contribution in [0, 0.1) is 0 Å². The molecule has 0 bridgehead atoms. The van der Waals surface area contributed by atoms with Crippen LogP contribution in [0.2, 0.25) is 0 Å². The van der Waals surface area contributed by atoms with Crippen LogP contribution >= 0.6 is 0 Å². The van der Waals surface area contributed by atoms with Gasteiger partial charge < -0.3 is 5.73 Å². The van der Waals surface area contributed by atoms with Crippen molar-refractivity contribution in [2.45, 2.75) is 32.1 Å². The predicted molar refractivity (Wildman–Crippen MR) is 58.4 cm³/mol. The molecule has 0 rings (SSSR count). The lowest BCUT2D eigenvalue weighted by Gasteiger charge is -1.99. The Balaban J connectivity index is 3.05. The Kier molecular flexibility index (Phi) is 10.5. The van der Waals surface area contributed by atoms with E-state index >= 15 is 0 Å². The fraction of sp³-hybridized carbons (Fsp3) is 1.00. The summed E-state index contributed by atoms with van der Waals surface area (Å²) < 4.78 is 10.2. The summed E-state index contributed by atoms with van der Waals surface area (Å²) in [6.07, 6.45) is 6.14. The van der Waals surface area contributed by atoms with E-state index in [1.165, 1.54) is 25.7 Å². The molecule has 0 unspecified atom stereocenters. The molecule has 0 aromatic carbocycles. The van der Waals surface area contributed by atoms with E-state index in [9.17, 15) is 0 Å². The molecule has 0 spiro atoms. The third kappa shape index (κ3) is 8.56. The van der Waals surface area contributed by atoms with Gasteiger partial charge in [0.2, 0.25) is 0 Å². The van der Waals surface area contributed by atoms with Crippen LogP contribution in [0.15, 0.2) is 0 Å². The van der Waals surface area contributed by atoms with E-state index in [1.807, 2.05) is 0 Å². The molecule has 3 nitrogen and oxygen atoms in total. The molecule has 0 saturated carbocycles. The number of unbranched alkanes of at least 4 members (excludes halogenated alkanes) is 4. The van der Waals surface area contributed by atoms with Crippen molar-refractivity contribution < 1.29 is 8.37 Å². The molecule has 2 N–H and O–H groups in total. The fourth-order valence-electron chi connectivity index (χ4n) is 1.13. The van der Waals surface area contributed by atoms with Crippen molar-refractivity contribution in [1.29, 1.82) is 0 Å². The molecule has 0 atom stereocenters. The Morgan fingerprint density at radius 3 is 2.00 bits per heavy atom. The molecule has 0 radical (unpaired) electrons. The van der Waals surface area contributed by atoms with Gasteiger partial charge >= 0.3 is 11.5 Å². The number of rotatable bonds is 9. The molecular formula is C9H22NO2S+. The Hall–Kier alpha value is 0.230. The van der Waals surface area contributed by atoms with E-state index in [4.69, 9.17) is 14.1 Å². The molecule has 4 heteroatoms. The molecule has 0 aromatic rings. The maximum Gasteiger partial charge on any atom is 0.314 e. The summed E-state index contributed by atoms with van der Waals surface area (Å²) in [5.74, 6) is 1.02. The van der Waals surface area contributed by atoms with E-state index in [0.29, 0.717) is 0 Å². The second-order valence-corrected chi connectivity index (χ2v) is 4.58. The van der Waals surface area contributed by atoms with Gasteiger partial charge in [-0.25, -0.2) is 0 Å². The summed E-state index contributed by atoms with van der Waals surface area (Å²) in [4.78, 5) is 0. The molecular weight excluding hydrogens is 186 g/mol. The third-order valence-electron chi connectivity index (χ3n) is 1.89. The maximum atomic E-state index is 5.40. The summed E-state index contributed by atoms with van der Waals surface area (Å²) in [5.41, 5.74) is 5.40. The van der Waals surface area contributed by atoms with Crippen molar-refractivity contribution in [2.75, 3.05) is 26.5 Å². The summed E-state index contributed by atoms with van der Waals surface area (Å²) in [7, 11) is 3.39. The quantitative estimate of drug-likeness (QED) is 0.463. The van der Waals surface area contributed by atoms with Crippen molar-refractivity contribution in [1.82, 2.24) is 0 Å². The molecule has 80 valence electrons. The molecule has 0 aromatic heterocycles. The predicted octanol–water partition coefficient (Wildman–Crippen LogP) is 1.64. The largest absolute Gasteiger partial charge is 0.330 e. The van der Waals surface area contributed by atoms with Gasteiger partial charge in [0.25, 0.3) is 0 Å². The van der Waals surface area contributed by atoms with Crippen molar-refractivity contribution in [2.24, 2.45) is 5.73 Å². The molecule has 0 fully saturated rings. The Morgan fingerprint density at radius 2 is 1.46 bits per heavy atom. The van der Waals surface area contributed by atoms with Gasteiger partial charge in [0.1, 0.15) is 0 Å². The minimum atomic E-state index is -0.270. The van der Waals surface area contributed by atoms with Gasteiger partial charge in [-0.1, -0.05) is 12.8 Å². The standard InChI is InChI=1S/C9H22NO2S/c1-11-13(12-2)9-7-5-3-4-6-8-10/h3-10H2,1-2H3/q+1. The SMILES string of the molecule is CO[S+](CCCCCCCN)OC. The molecule has 0 aliphatic heterocycles. The first-order chi connectivity index (χ1) is 6.35. The Morgan fingerprint density at radius 1 is 0.923 bits per heavy atom. The van der Waals surface area contributed by atoms with Gasteiger partial charge in [-0.15, -0.1) is 8.37 Å². The van der Waals surface area contributed by atoms with Gasteiger partial charge in [-0.05, 0) is 25.8 Å². The Bertz CT molecular complexity index is 99.6. The van der Waals surface area contributed by atoms with Crippen molar-refractivity contribution in [3.63, 3.8) is 0 Å². The van der Waals surface area contributed by atoms with E-state index < -0.39 is 0 Å². The van der Waals surface area contributed by atoms with E-state index in [2.05, 4.69) is 0 Å². The smallest absolute Gasteiger partial charge is 0.314 e. The summed E-state index contributed by atoms with van der Waals surface area (Å²) in [5, 5.41) is 0. The lowest BCUT2D eigenvalue weighted by atomic mass is 10.2. The van der Waals surface area contributed by atoms with E-state index in [1.54, 1.807) is 14.2 Å². The van der Waals surface area contributed by atoms with Crippen LogP contribution in [-0.4, -0.2) is 26.5 Å². The summed E-state index contributed by atoms with van der Waals surface area (Å²) in [6.45, 7) is 0.820. The van der Waals surface area contributed by atoms with Gasteiger partial charge in [0.15, 0.2) is 5.75 Å². The molecule has 0 heterocycles. The highest BCUT2D eigenvalue weighted by molar-refractivity contribution is 7.87. The molecule has 0 aliphatic rings. The highest BCUT2D eigenvalue weighted by Crippen LogP contribution is 2.06. The zero-order valence-electron chi connectivity index (χ0n) is 8.75. The van der Waals surface area contributed by atoms with Crippen LogP contribution in [0.4, 0.5) is 0 Å². The topological polar surface area (TPSA) is 44.5 Å². The average Bonchev–Trinajstić information content (AvgIpc) is 2.17. The highest BCUT2D eigenvalue weighted by atomic mass is 32.2. The Labute approximate surface area is 84.7 Å². The maximum absolute atomic E-state index is 5.40. The van der Waals surface area contributed by atoms with Crippen LogP contribution < -0.4 is 5.73 Å². The fourth-order valence-corrected chi connectivity index (χ4v) is 2.04. The van der Waals surface area contributed by atoms with E-state index in [-0.39, 0.29) is 11.5 Å². The monoisotopic (exact) mass is 208 g/mol. The van der Waals surface area contributed by atoms with Gasteiger partial charge in [0, 0.05) is 0 Å². The second-order valence-electron chi connectivity index (χ2n) is 2.90. The summed E-state index contributed by atoms with van der Waals surface area (Å²) >= 11 is -0.270. The van der Waals surface area contributed by atoms with Crippen molar-refractivity contribution >= 4 is 11.5 Å². The number of hydrogen-bond acceptors (Lipinski definition) is 3. The van der Waals surface area contributed by atoms with Crippen LogP contribution in [0.5, 0.6) is 0 Å². The highest BCUT2D eigenvalue weighted by Gasteiger charge is 2.17. The zero-order chi connectivity index (χ0) is 9.94. The van der Waals surface area contributed by atoms with Gasteiger partial charge in [-0.2, -0.15) is 0 Å². The first kappa shape index (κ1) is 13.2. The summed E-state index contributed by atoms with van der Waals surface area (Å²) in [6, 6.07) is 0. The molecule has 0 aliphatic carbocycles. The molecule has 0 saturated heterocycles. The van der Waals surface area contributed by atoms with Gasteiger partial charge in [0.05, 0.1) is 14.2 Å². The molecule has 0 amide bonds. The van der Waals surface area contributed by atoms with Crippen LogP contribution in [0.3, 0.4) is 0 Å². The second kappa shape index (κ2) is 10.3. The van der Waals surface area contributed by atoms with Crippen LogP contribution in [0.1, 0.15) is 32.1 Å². The minimum Gasteiger partial charge on any atom is -0.330 e. The lowest BCUT2D eigenvalue weighted by molar-refractivity contribution is 0.357. The van der Waals surface area contributed by atoms with E-state index in [0.717, 1.165) is 18.7 Å². The number of hydrogen-bond donors (Lipinski definition) is 1. The third-order valence-corrected chi connectivity index (χ3v) is 3.25. The van der Waals surface area contributed by atoms with Crippen LogP contribution in [-0.2, 0) is 19.8 Å². The zero-order valence-corrected chi connectivity index (χ0v) is 9.57. The number of nitrogens with two attached hydrogens (primary N) is 1. The van der Waals surface area contributed by atoms with Crippen molar-refractivity contribution in [3.8, 4) is 0 Å². The van der Waals surface area contributed by atoms with Gasteiger partial charge in [-0.3, -0.25) is 0 Å². The first-order valence-electron chi connectivity index (χ1n) is 4.85. The molecule has 13 heavy (non-hydrogen) atoms. The average molecular weight is 208 g/mol. The lowest BCUT2D eigenvalue weighted by Crippen LogP contribution is -2.10. The normalized spacial score (nSPS) is 11.1. The van der Waals surface area contributed by atoms with Crippen LogP contribution in [0.25, 0.3) is 0 Å².